The summed E-state index contributed by atoms with van der Waals surface area (Å²) in [6.45, 7) is 0. The molecule has 0 saturated heterocycles. The largest absolute Gasteiger partial charge is 0.381 e. The minimum absolute atomic E-state index is 0.0376. The SMILES string of the molecule is Nc1cc(-c2c(Cl)ccc(Cl)c2F)on1. The fraction of sp³-hybridized carbons (Fsp3) is 0. The second-order valence-corrected chi connectivity index (χ2v) is 3.65. The highest BCUT2D eigenvalue weighted by Gasteiger charge is 2.17. The van der Waals surface area contributed by atoms with Gasteiger partial charge in [-0.2, -0.15) is 0 Å². The first-order valence-electron chi connectivity index (χ1n) is 3.95. The lowest BCUT2D eigenvalue weighted by molar-refractivity contribution is 0.433. The van der Waals surface area contributed by atoms with E-state index in [1.54, 1.807) is 0 Å². The highest BCUT2D eigenvalue weighted by Crippen LogP contribution is 2.34. The van der Waals surface area contributed by atoms with Crippen molar-refractivity contribution in [3.63, 3.8) is 0 Å². The Labute approximate surface area is 94.6 Å². The number of anilines is 1. The van der Waals surface area contributed by atoms with Crippen LogP contribution in [0.4, 0.5) is 10.2 Å². The van der Waals surface area contributed by atoms with Crippen LogP contribution in [0, 0.1) is 5.82 Å². The topological polar surface area (TPSA) is 52.0 Å². The van der Waals surface area contributed by atoms with Crippen molar-refractivity contribution in [1.82, 2.24) is 5.16 Å². The van der Waals surface area contributed by atoms with E-state index in [1.807, 2.05) is 0 Å². The van der Waals surface area contributed by atoms with E-state index in [9.17, 15) is 4.39 Å². The van der Waals surface area contributed by atoms with Gasteiger partial charge in [0.15, 0.2) is 17.4 Å². The molecule has 0 fully saturated rings. The summed E-state index contributed by atoms with van der Waals surface area (Å²) in [6.07, 6.45) is 0. The van der Waals surface area contributed by atoms with E-state index in [1.165, 1.54) is 18.2 Å². The molecule has 2 aromatic rings. The Balaban J connectivity index is 2.66. The molecule has 0 unspecified atom stereocenters. The molecule has 2 N–H and O–H groups in total. The molecule has 0 bridgehead atoms. The van der Waals surface area contributed by atoms with Crippen molar-refractivity contribution >= 4 is 29.0 Å². The number of rotatable bonds is 1. The molecule has 0 atom stereocenters. The summed E-state index contributed by atoms with van der Waals surface area (Å²) in [7, 11) is 0. The van der Waals surface area contributed by atoms with Crippen molar-refractivity contribution in [1.29, 1.82) is 0 Å². The number of benzene rings is 1. The molecule has 0 amide bonds. The molecule has 0 saturated carbocycles. The highest BCUT2D eigenvalue weighted by molar-refractivity contribution is 6.35. The Bertz CT molecular complexity index is 513. The Morgan fingerprint density at radius 1 is 1.27 bits per heavy atom. The molecule has 0 aliphatic rings. The summed E-state index contributed by atoms with van der Waals surface area (Å²) in [5.74, 6) is -0.349. The summed E-state index contributed by atoms with van der Waals surface area (Å²) in [4.78, 5) is 0. The third-order valence-electron chi connectivity index (χ3n) is 1.82. The molecule has 0 aliphatic heterocycles. The van der Waals surface area contributed by atoms with Gasteiger partial charge in [0.1, 0.15) is 0 Å². The molecule has 1 heterocycles. The molecule has 15 heavy (non-hydrogen) atoms. The average molecular weight is 247 g/mol. The van der Waals surface area contributed by atoms with E-state index in [-0.39, 0.29) is 27.2 Å². The Morgan fingerprint density at radius 3 is 2.53 bits per heavy atom. The zero-order valence-electron chi connectivity index (χ0n) is 7.30. The summed E-state index contributed by atoms with van der Waals surface area (Å²) in [5.41, 5.74) is 5.41. The van der Waals surface area contributed by atoms with Gasteiger partial charge in [0, 0.05) is 6.07 Å². The summed E-state index contributed by atoms with van der Waals surface area (Å²) in [6, 6.07) is 4.21. The Hall–Kier alpha value is -1.26. The first-order chi connectivity index (χ1) is 7.09. The molecule has 0 aliphatic carbocycles. The van der Waals surface area contributed by atoms with Crippen LogP contribution >= 0.6 is 23.2 Å². The van der Waals surface area contributed by atoms with E-state index in [0.29, 0.717) is 0 Å². The second-order valence-electron chi connectivity index (χ2n) is 2.83. The lowest BCUT2D eigenvalue weighted by atomic mass is 10.1. The smallest absolute Gasteiger partial charge is 0.173 e. The Kier molecular flexibility index (Phi) is 2.54. The van der Waals surface area contributed by atoms with Gasteiger partial charge in [-0.25, -0.2) is 4.39 Å². The van der Waals surface area contributed by atoms with Gasteiger partial charge in [-0.05, 0) is 12.1 Å². The second kappa shape index (κ2) is 3.72. The van der Waals surface area contributed by atoms with Gasteiger partial charge in [0.25, 0.3) is 0 Å². The van der Waals surface area contributed by atoms with Crippen LogP contribution < -0.4 is 5.73 Å². The van der Waals surface area contributed by atoms with Crippen LogP contribution in [0.5, 0.6) is 0 Å². The van der Waals surface area contributed by atoms with Gasteiger partial charge in [-0.15, -0.1) is 0 Å². The maximum Gasteiger partial charge on any atom is 0.173 e. The van der Waals surface area contributed by atoms with E-state index >= 15 is 0 Å². The van der Waals surface area contributed by atoms with Crippen molar-refractivity contribution in [2.24, 2.45) is 0 Å². The lowest BCUT2D eigenvalue weighted by Gasteiger charge is -2.02. The first kappa shape index (κ1) is 10.3. The fourth-order valence-electron chi connectivity index (χ4n) is 1.16. The summed E-state index contributed by atoms with van der Waals surface area (Å²) >= 11 is 11.4. The standard InChI is InChI=1S/C9H5Cl2FN2O/c10-4-1-2-5(11)9(12)8(4)6-3-7(13)14-15-6/h1-3H,(H2,13,14). The number of hydrogen-bond acceptors (Lipinski definition) is 3. The third kappa shape index (κ3) is 1.78. The molecule has 1 aromatic carbocycles. The minimum atomic E-state index is -0.652. The molecule has 0 radical (unpaired) electrons. The average Bonchev–Trinajstić information content (AvgIpc) is 2.59. The van der Waals surface area contributed by atoms with Crippen LogP contribution in [0.15, 0.2) is 22.7 Å². The third-order valence-corrected chi connectivity index (χ3v) is 2.43. The minimum Gasteiger partial charge on any atom is -0.381 e. The van der Waals surface area contributed by atoms with Crippen molar-refractivity contribution in [3.8, 4) is 11.3 Å². The van der Waals surface area contributed by atoms with Gasteiger partial charge in [-0.1, -0.05) is 28.4 Å². The van der Waals surface area contributed by atoms with Crippen LogP contribution in [-0.2, 0) is 0 Å². The van der Waals surface area contributed by atoms with Gasteiger partial charge < -0.3 is 10.3 Å². The van der Waals surface area contributed by atoms with Crippen LogP contribution in [0.3, 0.4) is 0 Å². The molecule has 1 aromatic heterocycles. The molecule has 3 nitrogen and oxygen atoms in total. The Morgan fingerprint density at radius 2 is 1.93 bits per heavy atom. The van der Waals surface area contributed by atoms with Gasteiger partial charge in [-0.3, -0.25) is 0 Å². The summed E-state index contributed by atoms with van der Waals surface area (Å²) < 4.78 is 18.4. The number of halogens is 3. The van der Waals surface area contributed by atoms with Crippen molar-refractivity contribution in [3.05, 3.63) is 34.1 Å². The number of nitrogens with zero attached hydrogens (tertiary/aromatic N) is 1. The zero-order chi connectivity index (χ0) is 11.0. The van der Waals surface area contributed by atoms with E-state index in [0.717, 1.165) is 0 Å². The number of aromatic nitrogens is 1. The lowest BCUT2D eigenvalue weighted by Crippen LogP contribution is -1.86. The van der Waals surface area contributed by atoms with Gasteiger partial charge in [0.2, 0.25) is 0 Å². The molecule has 6 heteroatoms. The maximum atomic E-state index is 13.6. The fourth-order valence-corrected chi connectivity index (χ4v) is 1.56. The highest BCUT2D eigenvalue weighted by atomic mass is 35.5. The van der Waals surface area contributed by atoms with Gasteiger partial charge >= 0.3 is 0 Å². The normalized spacial score (nSPS) is 10.6. The first-order valence-corrected chi connectivity index (χ1v) is 4.71. The predicted octanol–water partition coefficient (Wildman–Crippen LogP) is 3.37. The van der Waals surface area contributed by atoms with Crippen molar-refractivity contribution < 1.29 is 8.91 Å². The van der Waals surface area contributed by atoms with Crippen molar-refractivity contribution in [2.45, 2.75) is 0 Å². The monoisotopic (exact) mass is 246 g/mol. The van der Waals surface area contributed by atoms with Crippen LogP contribution in [-0.4, -0.2) is 5.16 Å². The van der Waals surface area contributed by atoms with Crippen LogP contribution in [0.1, 0.15) is 0 Å². The predicted molar refractivity (Wildman–Crippen MR) is 56.3 cm³/mol. The number of nitrogens with two attached hydrogens (primary N) is 1. The van der Waals surface area contributed by atoms with Crippen molar-refractivity contribution in [2.75, 3.05) is 5.73 Å². The maximum absolute atomic E-state index is 13.6. The number of hydrogen-bond donors (Lipinski definition) is 1. The van der Waals surface area contributed by atoms with E-state index < -0.39 is 5.82 Å². The molecule has 2 rings (SSSR count). The number of nitrogen functional groups attached to an aromatic ring is 1. The van der Waals surface area contributed by atoms with Crippen LogP contribution in [0.25, 0.3) is 11.3 Å². The van der Waals surface area contributed by atoms with E-state index in [2.05, 4.69) is 5.16 Å². The quantitative estimate of drug-likeness (QED) is 0.786. The summed E-state index contributed by atoms with van der Waals surface area (Å²) in [5, 5.41) is 3.59. The molecular formula is C9H5Cl2FN2O. The molecule has 78 valence electrons. The van der Waals surface area contributed by atoms with Gasteiger partial charge in [0.05, 0.1) is 15.6 Å². The van der Waals surface area contributed by atoms with Crippen LogP contribution in [0.2, 0.25) is 10.0 Å². The molecule has 0 spiro atoms. The molecular weight excluding hydrogens is 242 g/mol. The zero-order valence-corrected chi connectivity index (χ0v) is 8.81. The van der Waals surface area contributed by atoms with E-state index in [4.69, 9.17) is 33.5 Å².